The van der Waals surface area contributed by atoms with Crippen molar-refractivity contribution >= 4 is 0 Å². The minimum Gasteiger partial charge on any atom is -0.492 e. The van der Waals surface area contributed by atoms with Gasteiger partial charge in [0.15, 0.2) is 0 Å². The van der Waals surface area contributed by atoms with E-state index in [0.717, 1.165) is 12.3 Å². The number of rotatable bonds is 6. The first-order valence-electron chi connectivity index (χ1n) is 6.50. The fourth-order valence-corrected chi connectivity index (χ4v) is 2.30. The van der Waals surface area contributed by atoms with Crippen molar-refractivity contribution < 1.29 is 4.74 Å². The molecule has 1 fully saturated rings. The molecule has 0 amide bonds. The molecule has 1 saturated carbocycles. The minimum atomic E-state index is 0.403. The molecule has 0 spiro atoms. The highest BCUT2D eigenvalue weighted by molar-refractivity contribution is 5.28. The number of ether oxygens (including phenoxy) is 1. The number of hydrogen-bond acceptors (Lipinski definition) is 3. The van der Waals surface area contributed by atoms with Gasteiger partial charge >= 0.3 is 0 Å². The largest absolute Gasteiger partial charge is 0.492 e. The highest BCUT2D eigenvalue weighted by Crippen LogP contribution is 2.54. The number of hydrogen-bond donors (Lipinski definition) is 1. The van der Waals surface area contributed by atoms with Gasteiger partial charge in [-0.2, -0.15) is 0 Å². The molecule has 1 aliphatic carbocycles. The Labute approximate surface area is 104 Å². The first-order valence-corrected chi connectivity index (χ1v) is 6.50. The normalized spacial score (nSPS) is 18.8. The summed E-state index contributed by atoms with van der Waals surface area (Å²) >= 11 is 0. The van der Waals surface area contributed by atoms with E-state index < -0.39 is 0 Å². The average molecular weight is 234 g/mol. The van der Waals surface area contributed by atoms with Crippen molar-refractivity contribution in [2.45, 2.75) is 39.7 Å². The molecule has 1 N–H and O–H groups in total. The second kappa shape index (κ2) is 5.05. The zero-order valence-electron chi connectivity index (χ0n) is 11.0. The van der Waals surface area contributed by atoms with Crippen molar-refractivity contribution in [1.29, 1.82) is 0 Å². The van der Waals surface area contributed by atoms with E-state index in [1.165, 1.54) is 18.4 Å². The van der Waals surface area contributed by atoms with Crippen molar-refractivity contribution in [3.63, 3.8) is 0 Å². The van der Waals surface area contributed by atoms with Gasteiger partial charge in [0.05, 0.1) is 12.8 Å². The van der Waals surface area contributed by atoms with E-state index in [1.807, 2.05) is 13.1 Å². The van der Waals surface area contributed by atoms with Crippen LogP contribution in [0.5, 0.6) is 5.75 Å². The molecule has 0 aromatic carbocycles. The van der Waals surface area contributed by atoms with Crippen LogP contribution in [0, 0.1) is 5.41 Å². The van der Waals surface area contributed by atoms with E-state index in [1.54, 1.807) is 6.20 Å². The van der Waals surface area contributed by atoms with Gasteiger partial charge in [-0.25, -0.2) is 0 Å². The monoisotopic (exact) mass is 234 g/mol. The summed E-state index contributed by atoms with van der Waals surface area (Å²) in [6.07, 6.45) is 6.33. The van der Waals surface area contributed by atoms with Crippen LogP contribution in [0.2, 0.25) is 0 Å². The second-order valence-electron chi connectivity index (χ2n) is 5.03. The molecule has 1 aromatic heterocycles. The number of pyridine rings is 1. The Bertz CT molecular complexity index is 374. The van der Waals surface area contributed by atoms with Crippen LogP contribution in [0.25, 0.3) is 0 Å². The molecule has 1 atom stereocenters. The van der Waals surface area contributed by atoms with Gasteiger partial charge in [0, 0.05) is 12.2 Å². The Kier molecular flexibility index (Phi) is 3.67. The van der Waals surface area contributed by atoms with Crippen LogP contribution in [0.4, 0.5) is 0 Å². The van der Waals surface area contributed by atoms with E-state index in [9.17, 15) is 0 Å². The van der Waals surface area contributed by atoms with Gasteiger partial charge in [0.2, 0.25) is 0 Å². The maximum Gasteiger partial charge on any atom is 0.137 e. The van der Waals surface area contributed by atoms with Crippen molar-refractivity contribution in [1.82, 2.24) is 10.3 Å². The van der Waals surface area contributed by atoms with Gasteiger partial charge < -0.3 is 10.1 Å². The van der Waals surface area contributed by atoms with E-state index >= 15 is 0 Å². The maximum atomic E-state index is 5.52. The van der Waals surface area contributed by atoms with E-state index in [-0.39, 0.29) is 0 Å². The smallest absolute Gasteiger partial charge is 0.137 e. The Balaban J connectivity index is 2.20. The van der Waals surface area contributed by atoms with Crippen LogP contribution in [0.3, 0.4) is 0 Å². The molecular weight excluding hydrogens is 212 g/mol. The first-order chi connectivity index (χ1) is 8.19. The molecule has 94 valence electrons. The predicted octanol–water partition coefficient (Wildman–Crippen LogP) is 2.93. The Morgan fingerprint density at radius 1 is 1.41 bits per heavy atom. The minimum absolute atomic E-state index is 0.403. The Morgan fingerprint density at radius 2 is 2.18 bits per heavy atom. The number of aromatic nitrogens is 1. The lowest BCUT2D eigenvalue weighted by Crippen LogP contribution is -2.28. The summed E-state index contributed by atoms with van der Waals surface area (Å²) in [5, 5.41) is 3.58. The van der Waals surface area contributed by atoms with Crippen LogP contribution < -0.4 is 10.1 Å². The molecule has 17 heavy (non-hydrogen) atoms. The SMILES string of the molecule is CCNC(c1cncc(OCC)c1)C1(C)CC1. The topological polar surface area (TPSA) is 34.2 Å². The summed E-state index contributed by atoms with van der Waals surface area (Å²) < 4.78 is 5.52. The maximum absolute atomic E-state index is 5.52. The van der Waals surface area contributed by atoms with E-state index in [0.29, 0.717) is 18.1 Å². The molecule has 1 unspecified atom stereocenters. The van der Waals surface area contributed by atoms with Gasteiger partial charge in [-0.15, -0.1) is 0 Å². The standard InChI is InChI=1S/C14H22N2O/c1-4-16-13(14(3)6-7-14)11-8-12(17-5-2)10-15-9-11/h8-10,13,16H,4-7H2,1-3H3. The molecule has 1 aromatic rings. The fourth-order valence-electron chi connectivity index (χ4n) is 2.30. The summed E-state index contributed by atoms with van der Waals surface area (Å²) in [6, 6.07) is 2.52. The van der Waals surface area contributed by atoms with Crippen LogP contribution in [0.15, 0.2) is 18.5 Å². The third kappa shape index (κ3) is 2.78. The highest BCUT2D eigenvalue weighted by atomic mass is 16.5. The lowest BCUT2D eigenvalue weighted by Gasteiger charge is -2.25. The van der Waals surface area contributed by atoms with Crippen LogP contribution in [-0.2, 0) is 0 Å². The second-order valence-corrected chi connectivity index (χ2v) is 5.03. The van der Waals surface area contributed by atoms with Crippen LogP contribution in [0.1, 0.15) is 45.2 Å². The van der Waals surface area contributed by atoms with E-state index in [2.05, 4.69) is 30.2 Å². The summed E-state index contributed by atoms with van der Waals surface area (Å²) in [7, 11) is 0. The predicted molar refractivity (Wildman–Crippen MR) is 69.2 cm³/mol. The molecule has 0 radical (unpaired) electrons. The molecule has 1 heterocycles. The molecule has 0 bridgehead atoms. The molecule has 3 heteroatoms. The third-order valence-electron chi connectivity index (χ3n) is 3.52. The number of nitrogens with one attached hydrogen (secondary N) is 1. The molecule has 0 saturated heterocycles. The molecule has 2 rings (SSSR count). The van der Waals surface area contributed by atoms with Gasteiger partial charge in [-0.1, -0.05) is 13.8 Å². The highest BCUT2D eigenvalue weighted by Gasteiger charge is 2.45. The average Bonchev–Trinajstić information content (AvgIpc) is 3.06. The summed E-state index contributed by atoms with van der Waals surface area (Å²) in [5.41, 5.74) is 1.65. The Hall–Kier alpha value is -1.09. The Morgan fingerprint density at radius 3 is 2.76 bits per heavy atom. The zero-order valence-corrected chi connectivity index (χ0v) is 11.0. The summed E-state index contributed by atoms with van der Waals surface area (Å²) in [6.45, 7) is 8.16. The van der Waals surface area contributed by atoms with Crippen LogP contribution >= 0.6 is 0 Å². The molecule has 3 nitrogen and oxygen atoms in total. The van der Waals surface area contributed by atoms with Gasteiger partial charge in [-0.3, -0.25) is 4.98 Å². The lowest BCUT2D eigenvalue weighted by molar-refractivity contribution is 0.334. The van der Waals surface area contributed by atoms with Crippen molar-refractivity contribution in [2.24, 2.45) is 5.41 Å². The lowest BCUT2D eigenvalue weighted by atomic mass is 9.92. The van der Waals surface area contributed by atoms with Crippen LogP contribution in [-0.4, -0.2) is 18.1 Å². The summed E-state index contributed by atoms with van der Waals surface area (Å²) in [4.78, 5) is 4.28. The zero-order chi connectivity index (χ0) is 12.3. The van der Waals surface area contributed by atoms with Gasteiger partial charge in [-0.05, 0) is 43.4 Å². The van der Waals surface area contributed by atoms with Gasteiger partial charge in [0.1, 0.15) is 5.75 Å². The number of nitrogens with zero attached hydrogens (tertiary/aromatic N) is 1. The first kappa shape index (κ1) is 12.4. The molecule has 0 aliphatic heterocycles. The van der Waals surface area contributed by atoms with Crippen molar-refractivity contribution in [3.05, 3.63) is 24.0 Å². The van der Waals surface area contributed by atoms with Gasteiger partial charge in [0.25, 0.3) is 0 Å². The third-order valence-corrected chi connectivity index (χ3v) is 3.52. The fraction of sp³-hybridized carbons (Fsp3) is 0.643. The van der Waals surface area contributed by atoms with Crippen molar-refractivity contribution in [3.8, 4) is 5.75 Å². The molecular formula is C14H22N2O. The van der Waals surface area contributed by atoms with E-state index in [4.69, 9.17) is 4.74 Å². The quantitative estimate of drug-likeness (QED) is 0.821. The van der Waals surface area contributed by atoms with Crippen molar-refractivity contribution in [2.75, 3.05) is 13.2 Å². The summed E-state index contributed by atoms with van der Waals surface area (Å²) in [5.74, 6) is 0.872. The molecule has 1 aliphatic rings.